The molecule has 6 nitrogen and oxygen atoms in total. The number of nitrogens with one attached hydrogen (secondary N) is 1. The number of methoxy groups -OCH3 is 1. The normalized spacial score (nSPS) is 23.4. The molecule has 1 unspecified atom stereocenters. The summed E-state index contributed by atoms with van der Waals surface area (Å²) in [6.07, 6.45) is 6.36. The second kappa shape index (κ2) is 4.88. The Hall–Kier alpha value is -1.02. The summed E-state index contributed by atoms with van der Waals surface area (Å²) in [5, 5.41) is 0. The van der Waals surface area contributed by atoms with E-state index in [2.05, 4.69) is 31.4 Å². The lowest BCUT2D eigenvalue weighted by Crippen LogP contribution is -2.40. The summed E-state index contributed by atoms with van der Waals surface area (Å²) in [5.74, 6) is 0. The van der Waals surface area contributed by atoms with Gasteiger partial charge in [0.05, 0.1) is 12.4 Å². The van der Waals surface area contributed by atoms with Crippen molar-refractivity contribution in [3.8, 4) is 0 Å². The third kappa shape index (κ3) is 2.22. The molecular formula is C9H10BrN3O3. The van der Waals surface area contributed by atoms with Crippen molar-refractivity contribution in [3.63, 3.8) is 0 Å². The maximum absolute atomic E-state index is 5.50. The minimum atomic E-state index is -0.941. The lowest BCUT2D eigenvalue weighted by atomic mass is 10.1. The molecule has 0 spiro atoms. The molecule has 0 fully saturated rings. The lowest BCUT2D eigenvalue weighted by molar-refractivity contribution is -0.160. The Balaban J connectivity index is 2.25. The van der Waals surface area contributed by atoms with E-state index in [9.17, 15) is 0 Å². The van der Waals surface area contributed by atoms with Gasteiger partial charge in [0.1, 0.15) is 23.4 Å². The number of ether oxygens (including phenoxy) is 2. The molecule has 0 bridgehead atoms. The van der Waals surface area contributed by atoms with Crippen molar-refractivity contribution < 1.29 is 14.3 Å². The Kier molecular flexibility index (Phi) is 3.49. The van der Waals surface area contributed by atoms with E-state index in [0.29, 0.717) is 10.3 Å². The first-order valence-electron chi connectivity index (χ1n) is 4.48. The van der Waals surface area contributed by atoms with E-state index in [1.165, 1.54) is 6.26 Å². The van der Waals surface area contributed by atoms with E-state index in [4.69, 9.17) is 14.3 Å². The molecule has 1 N–H and O–H groups in total. The minimum absolute atomic E-state index is 0.110. The highest BCUT2D eigenvalue weighted by molar-refractivity contribution is 9.10. The highest BCUT2D eigenvalue weighted by atomic mass is 79.9. The van der Waals surface area contributed by atoms with Crippen molar-refractivity contribution in [2.45, 2.75) is 5.72 Å². The number of rotatable bonds is 4. The smallest absolute Gasteiger partial charge is 0.219 e. The molecule has 2 rings (SSSR count). The van der Waals surface area contributed by atoms with Crippen LogP contribution < -0.4 is 5.48 Å². The SMILES string of the molecule is COCOC1(c2cnc(Br)cn2)C=CON1. The van der Waals surface area contributed by atoms with Crippen LogP contribution in [-0.4, -0.2) is 23.9 Å². The maximum atomic E-state index is 5.50. The zero-order chi connectivity index (χ0) is 11.4. The van der Waals surface area contributed by atoms with E-state index < -0.39 is 5.72 Å². The Morgan fingerprint density at radius 1 is 1.50 bits per heavy atom. The van der Waals surface area contributed by atoms with Gasteiger partial charge in [0.15, 0.2) is 0 Å². The van der Waals surface area contributed by atoms with Crippen LogP contribution in [0.15, 0.2) is 29.3 Å². The van der Waals surface area contributed by atoms with Crippen LogP contribution >= 0.6 is 15.9 Å². The van der Waals surface area contributed by atoms with E-state index in [1.54, 1.807) is 25.6 Å². The molecule has 0 saturated carbocycles. The van der Waals surface area contributed by atoms with Crippen LogP contribution in [0, 0.1) is 0 Å². The fourth-order valence-electron chi connectivity index (χ4n) is 1.23. The molecule has 1 aromatic rings. The molecule has 1 aromatic heterocycles. The average Bonchev–Trinajstić information content (AvgIpc) is 2.77. The van der Waals surface area contributed by atoms with Gasteiger partial charge < -0.3 is 14.3 Å². The third-order valence-corrected chi connectivity index (χ3v) is 2.40. The second-order valence-electron chi connectivity index (χ2n) is 3.03. The third-order valence-electron chi connectivity index (χ3n) is 1.99. The average molecular weight is 288 g/mol. The Morgan fingerprint density at radius 3 is 2.94 bits per heavy atom. The molecule has 0 aliphatic carbocycles. The number of halogens is 1. The molecule has 0 saturated heterocycles. The predicted molar refractivity (Wildman–Crippen MR) is 57.7 cm³/mol. The van der Waals surface area contributed by atoms with Crippen molar-refractivity contribution in [1.82, 2.24) is 15.4 Å². The fourth-order valence-corrected chi connectivity index (χ4v) is 1.44. The van der Waals surface area contributed by atoms with Crippen LogP contribution in [0.3, 0.4) is 0 Å². The molecule has 2 heterocycles. The standard InChI is InChI=1S/C9H10BrN3O3/c1-14-6-15-9(2-3-16-13-9)7-4-12-8(10)5-11-7/h2-5,13H,6H2,1H3. The lowest BCUT2D eigenvalue weighted by Gasteiger charge is -2.24. The quantitative estimate of drug-likeness (QED) is 0.836. The van der Waals surface area contributed by atoms with Gasteiger partial charge in [0, 0.05) is 13.2 Å². The van der Waals surface area contributed by atoms with Crippen molar-refractivity contribution in [2.24, 2.45) is 0 Å². The maximum Gasteiger partial charge on any atom is 0.219 e. The number of hydrogen-bond donors (Lipinski definition) is 1. The highest BCUT2D eigenvalue weighted by Gasteiger charge is 2.36. The Labute approximate surface area is 101 Å². The summed E-state index contributed by atoms with van der Waals surface area (Å²) in [6.45, 7) is 0.110. The van der Waals surface area contributed by atoms with E-state index in [0.717, 1.165) is 0 Å². The monoisotopic (exact) mass is 287 g/mol. The van der Waals surface area contributed by atoms with Crippen molar-refractivity contribution in [2.75, 3.05) is 13.9 Å². The molecule has 16 heavy (non-hydrogen) atoms. The van der Waals surface area contributed by atoms with Crippen LogP contribution in [0.1, 0.15) is 5.69 Å². The summed E-state index contributed by atoms with van der Waals surface area (Å²) in [7, 11) is 1.54. The van der Waals surface area contributed by atoms with Gasteiger partial charge in [-0.3, -0.25) is 4.98 Å². The van der Waals surface area contributed by atoms with Crippen LogP contribution in [0.5, 0.6) is 0 Å². The number of hydroxylamine groups is 1. The molecule has 7 heteroatoms. The minimum Gasteiger partial charge on any atom is -0.413 e. The topological polar surface area (TPSA) is 65.5 Å². The number of nitrogens with zero attached hydrogens (tertiary/aromatic N) is 2. The summed E-state index contributed by atoms with van der Waals surface area (Å²) >= 11 is 3.22. The largest absolute Gasteiger partial charge is 0.413 e. The van der Waals surface area contributed by atoms with Crippen LogP contribution in [0.2, 0.25) is 0 Å². The first-order valence-corrected chi connectivity index (χ1v) is 5.27. The second-order valence-corrected chi connectivity index (χ2v) is 3.85. The Morgan fingerprint density at radius 2 is 2.38 bits per heavy atom. The van der Waals surface area contributed by atoms with Crippen LogP contribution in [-0.2, 0) is 20.0 Å². The summed E-state index contributed by atoms with van der Waals surface area (Å²) in [6, 6.07) is 0. The zero-order valence-electron chi connectivity index (χ0n) is 8.51. The van der Waals surface area contributed by atoms with Gasteiger partial charge in [0.25, 0.3) is 0 Å². The van der Waals surface area contributed by atoms with E-state index >= 15 is 0 Å². The predicted octanol–water partition coefficient (Wildman–Crippen LogP) is 1.06. The number of aromatic nitrogens is 2. The van der Waals surface area contributed by atoms with Crippen molar-refractivity contribution >= 4 is 15.9 Å². The zero-order valence-corrected chi connectivity index (χ0v) is 10.1. The van der Waals surface area contributed by atoms with E-state index in [1.807, 2.05) is 0 Å². The van der Waals surface area contributed by atoms with Crippen molar-refractivity contribution in [3.05, 3.63) is 35.0 Å². The molecule has 0 aromatic carbocycles. The summed E-state index contributed by atoms with van der Waals surface area (Å²) < 4.78 is 11.0. The van der Waals surface area contributed by atoms with E-state index in [-0.39, 0.29) is 6.79 Å². The van der Waals surface area contributed by atoms with Crippen LogP contribution in [0.4, 0.5) is 0 Å². The van der Waals surface area contributed by atoms with Gasteiger partial charge in [-0.25, -0.2) is 4.98 Å². The van der Waals surface area contributed by atoms with Gasteiger partial charge >= 0.3 is 0 Å². The molecule has 0 radical (unpaired) electrons. The van der Waals surface area contributed by atoms with Crippen LogP contribution in [0.25, 0.3) is 0 Å². The van der Waals surface area contributed by atoms with Gasteiger partial charge in [-0.1, -0.05) is 0 Å². The number of hydrogen-bond acceptors (Lipinski definition) is 6. The summed E-state index contributed by atoms with van der Waals surface area (Å²) in [5.41, 5.74) is 2.35. The molecule has 0 amide bonds. The summed E-state index contributed by atoms with van der Waals surface area (Å²) in [4.78, 5) is 13.2. The van der Waals surface area contributed by atoms with Gasteiger partial charge in [-0.15, -0.1) is 5.48 Å². The molecular weight excluding hydrogens is 278 g/mol. The first kappa shape index (κ1) is 11.5. The van der Waals surface area contributed by atoms with Gasteiger partial charge in [-0.05, 0) is 15.9 Å². The highest BCUT2D eigenvalue weighted by Crippen LogP contribution is 2.26. The fraction of sp³-hybridized carbons (Fsp3) is 0.333. The Bertz CT molecular complexity index is 384. The molecule has 1 aliphatic heterocycles. The molecule has 1 atom stereocenters. The van der Waals surface area contributed by atoms with Gasteiger partial charge in [-0.2, -0.15) is 0 Å². The molecule has 86 valence electrons. The molecule has 1 aliphatic rings. The first-order chi connectivity index (χ1) is 7.77. The van der Waals surface area contributed by atoms with Crippen molar-refractivity contribution in [1.29, 1.82) is 0 Å². The van der Waals surface area contributed by atoms with Gasteiger partial charge in [0.2, 0.25) is 5.72 Å².